The summed E-state index contributed by atoms with van der Waals surface area (Å²) in [7, 11) is 0. The van der Waals surface area contributed by atoms with Gasteiger partial charge in [0.2, 0.25) is 5.12 Å². The first-order chi connectivity index (χ1) is 7.77. The molecule has 3 heteroatoms. The van der Waals surface area contributed by atoms with Gasteiger partial charge < -0.3 is 0 Å². The normalized spacial score (nSPS) is 17.3. The predicted molar refractivity (Wildman–Crippen MR) is 67.8 cm³/mol. The first-order valence-electron chi connectivity index (χ1n) is 5.90. The Bertz CT molecular complexity index is 372. The standard InChI is InChI=1S/C13H17NOS/c1-10-12(8-5-9-14-10)13(15)16-11-6-3-2-4-7-11/h5,8-9,11H,2-4,6-7H2,1H3. The fourth-order valence-corrected chi connectivity index (χ4v) is 3.31. The minimum Gasteiger partial charge on any atom is -0.281 e. The fraction of sp³-hybridized carbons (Fsp3) is 0.538. The van der Waals surface area contributed by atoms with Crippen LogP contribution >= 0.6 is 11.8 Å². The van der Waals surface area contributed by atoms with E-state index in [9.17, 15) is 4.79 Å². The lowest BCUT2D eigenvalue weighted by atomic mass is 10.0. The molecule has 0 spiro atoms. The van der Waals surface area contributed by atoms with Crippen molar-refractivity contribution < 1.29 is 4.79 Å². The second kappa shape index (κ2) is 5.48. The van der Waals surface area contributed by atoms with Gasteiger partial charge in [0.05, 0.1) is 0 Å². The Kier molecular flexibility index (Phi) is 3.99. The maximum atomic E-state index is 12.1. The fourth-order valence-electron chi connectivity index (χ4n) is 2.10. The molecule has 0 amide bonds. The van der Waals surface area contributed by atoms with Crippen LogP contribution in [-0.2, 0) is 0 Å². The zero-order valence-corrected chi connectivity index (χ0v) is 10.4. The highest BCUT2D eigenvalue weighted by molar-refractivity contribution is 8.14. The zero-order valence-electron chi connectivity index (χ0n) is 9.61. The molecule has 0 saturated heterocycles. The molecule has 0 radical (unpaired) electrons. The Balaban J connectivity index is 2.00. The summed E-state index contributed by atoms with van der Waals surface area (Å²) in [4.78, 5) is 16.2. The first-order valence-corrected chi connectivity index (χ1v) is 6.78. The summed E-state index contributed by atoms with van der Waals surface area (Å²) in [5.41, 5.74) is 1.62. The summed E-state index contributed by atoms with van der Waals surface area (Å²) in [6.45, 7) is 1.90. The Hall–Kier alpha value is -0.830. The molecule has 1 aromatic rings. The van der Waals surface area contributed by atoms with Crippen LogP contribution in [0.15, 0.2) is 18.3 Å². The van der Waals surface area contributed by atoms with Crippen molar-refractivity contribution >= 4 is 16.9 Å². The van der Waals surface area contributed by atoms with Crippen molar-refractivity contribution in [2.45, 2.75) is 44.3 Å². The van der Waals surface area contributed by atoms with Gasteiger partial charge in [-0.2, -0.15) is 0 Å². The first kappa shape index (κ1) is 11.6. The molecule has 0 N–H and O–H groups in total. The van der Waals surface area contributed by atoms with Crippen LogP contribution in [0.2, 0.25) is 0 Å². The third kappa shape index (κ3) is 2.85. The number of rotatable bonds is 2. The lowest BCUT2D eigenvalue weighted by molar-refractivity contribution is 0.108. The van der Waals surface area contributed by atoms with Crippen LogP contribution in [0, 0.1) is 6.92 Å². The van der Waals surface area contributed by atoms with E-state index in [2.05, 4.69) is 4.98 Å². The molecule has 86 valence electrons. The second-order valence-electron chi connectivity index (χ2n) is 4.30. The lowest BCUT2D eigenvalue weighted by Gasteiger charge is -2.20. The van der Waals surface area contributed by atoms with Crippen molar-refractivity contribution in [3.8, 4) is 0 Å². The molecule has 1 heterocycles. The van der Waals surface area contributed by atoms with Gasteiger partial charge in [-0.1, -0.05) is 31.0 Å². The Labute approximate surface area is 101 Å². The molecule has 0 aromatic carbocycles. The third-order valence-corrected chi connectivity index (χ3v) is 4.29. The van der Waals surface area contributed by atoms with Crippen LogP contribution < -0.4 is 0 Å². The Morgan fingerprint density at radius 2 is 2.12 bits per heavy atom. The van der Waals surface area contributed by atoms with Crippen LogP contribution in [0.25, 0.3) is 0 Å². The summed E-state index contributed by atoms with van der Waals surface area (Å²) >= 11 is 1.51. The highest BCUT2D eigenvalue weighted by Gasteiger charge is 2.19. The van der Waals surface area contributed by atoms with Gasteiger partial charge in [-0.15, -0.1) is 0 Å². The zero-order chi connectivity index (χ0) is 11.4. The molecule has 1 saturated carbocycles. The predicted octanol–water partition coefficient (Wildman–Crippen LogP) is 3.60. The molecule has 1 aliphatic rings. The minimum atomic E-state index is 0.192. The molecule has 2 nitrogen and oxygen atoms in total. The summed E-state index contributed by atoms with van der Waals surface area (Å²) in [6.07, 6.45) is 7.99. The van der Waals surface area contributed by atoms with E-state index in [1.165, 1.54) is 43.9 Å². The average Bonchev–Trinajstić information content (AvgIpc) is 2.31. The van der Waals surface area contributed by atoms with Gasteiger partial charge >= 0.3 is 0 Å². The van der Waals surface area contributed by atoms with Gasteiger partial charge in [-0.05, 0) is 31.9 Å². The van der Waals surface area contributed by atoms with Gasteiger partial charge in [-0.25, -0.2) is 0 Å². The smallest absolute Gasteiger partial charge is 0.221 e. The van der Waals surface area contributed by atoms with E-state index < -0.39 is 0 Å². The van der Waals surface area contributed by atoms with Crippen LogP contribution in [0.4, 0.5) is 0 Å². The second-order valence-corrected chi connectivity index (χ2v) is 5.57. The molecule has 16 heavy (non-hydrogen) atoms. The van der Waals surface area contributed by atoms with Gasteiger partial charge in [0, 0.05) is 22.7 Å². The number of pyridine rings is 1. The van der Waals surface area contributed by atoms with Gasteiger partial charge in [0.15, 0.2) is 0 Å². The van der Waals surface area contributed by atoms with Gasteiger partial charge in [0.25, 0.3) is 0 Å². The van der Waals surface area contributed by atoms with Crippen LogP contribution in [0.5, 0.6) is 0 Å². The number of thioether (sulfide) groups is 1. The molecule has 0 atom stereocenters. The summed E-state index contributed by atoms with van der Waals surface area (Å²) in [5.74, 6) is 0. The number of aromatic nitrogens is 1. The Morgan fingerprint density at radius 3 is 2.81 bits per heavy atom. The van der Waals surface area contributed by atoms with E-state index >= 15 is 0 Å². The molecular formula is C13H17NOS. The topological polar surface area (TPSA) is 30.0 Å². The minimum absolute atomic E-state index is 0.192. The maximum Gasteiger partial charge on any atom is 0.221 e. The number of hydrogen-bond donors (Lipinski definition) is 0. The summed E-state index contributed by atoms with van der Waals surface area (Å²) in [5, 5.41) is 0.721. The SMILES string of the molecule is Cc1ncccc1C(=O)SC1CCCCC1. The van der Waals surface area contributed by atoms with Gasteiger partial charge in [0.1, 0.15) is 0 Å². The van der Waals surface area contributed by atoms with Crippen LogP contribution in [0.3, 0.4) is 0 Å². The number of carbonyl (C=O) groups excluding carboxylic acids is 1. The Morgan fingerprint density at radius 1 is 1.38 bits per heavy atom. The monoisotopic (exact) mass is 235 g/mol. The van der Waals surface area contributed by atoms with Crippen molar-refractivity contribution in [3.05, 3.63) is 29.6 Å². The maximum absolute atomic E-state index is 12.1. The molecule has 1 aliphatic carbocycles. The van der Waals surface area contributed by atoms with Crippen molar-refractivity contribution in [3.63, 3.8) is 0 Å². The summed E-state index contributed by atoms with van der Waals surface area (Å²) < 4.78 is 0. The molecule has 2 rings (SSSR count). The molecule has 0 bridgehead atoms. The quantitative estimate of drug-likeness (QED) is 0.784. The van der Waals surface area contributed by atoms with E-state index in [0.717, 1.165) is 11.3 Å². The van der Waals surface area contributed by atoms with E-state index in [0.29, 0.717) is 5.25 Å². The van der Waals surface area contributed by atoms with Crippen molar-refractivity contribution in [2.24, 2.45) is 0 Å². The number of nitrogens with zero attached hydrogens (tertiary/aromatic N) is 1. The lowest BCUT2D eigenvalue weighted by Crippen LogP contribution is -2.12. The van der Waals surface area contributed by atoms with E-state index in [1.54, 1.807) is 6.20 Å². The van der Waals surface area contributed by atoms with E-state index in [1.807, 2.05) is 19.1 Å². The average molecular weight is 235 g/mol. The van der Waals surface area contributed by atoms with E-state index in [4.69, 9.17) is 0 Å². The molecule has 1 aromatic heterocycles. The molecule has 1 fully saturated rings. The number of hydrogen-bond acceptors (Lipinski definition) is 3. The van der Waals surface area contributed by atoms with Gasteiger partial charge in [-0.3, -0.25) is 9.78 Å². The number of carbonyl (C=O) groups is 1. The molecule has 0 unspecified atom stereocenters. The molecule has 0 aliphatic heterocycles. The van der Waals surface area contributed by atoms with Crippen molar-refractivity contribution in [2.75, 3.05) is 0 Å². The van der Waals surface area contributed by atoms with Crippen molar-refractivity contribution in [1.82, 2.24) is 4.98 Å². The van der Waals surface area contributed by atoms with Crippen LogP contribution in [-0.4, -0.2) is 15.3 Å². The van der Waals surface area contributed by atoms with Crippen LogP contribution in [0.1, 0.15) is 48.2 Å². The number of aryl methyl sites for hydroxylation is 1. The summed E-state index contributed by atoms with van der Waals surface area (Å²) in [6, 6.07) is 3.71. The molecular weight excluding hydrogens is 218 g/mol. The third-order valence-electron chi connectivity index (χ3n) is 3.05. The van der Waals surface area contributed by atoms with E-state index in [-0.39, 0.29) is 5.12 Å². The van der Waals surface area contributed by atoms with Crippen molar-refractivity contribution in [1.29, 1.82) is 0 Å². The highest BCUT2D eigenvalue weighted by atomic mass is 32.2. The largest absolute Gasteiger partial charge is 0.281 e. The highest BCUT2D eigenvalue weighted by Crippen LogP contribution is 2.30.